The van der Waals surface area contributed by atoms with Gasteiger partial charge in [0.15, 0.2) is 0 Å². The lowest BCUT2D eigenvalue weighted by molar-refractivity contribution is 0.329. The van der Waals surface area contributed by atoms with E-state index in [-0.39, 0.29) is 0 Å². The zero-order valence-corrected chi connectivity index (χ0v) is 21.4. The number of hydrogen-bond donors (Lipinski definition) is 0. The van der Waals surface area contributed by atoms with E-state index in [1.165, 1.54) is 60.4 Å². The maximum Gasteiger partial charge on any atom is 0.145 e. The summed E-state index contributed by atoms with van der Waals surface area (Å²) >= 11 is 0. The van der Waals surface area contributed by atoms with Crippen molar-refractivity contribution in [2.24, 2.45) is 0 Å². The standard InChI is InChI=1S/C36H28N2/c1-25-21-29-23-36(37-19-17-27-10-3-6-15-34(27)37,38-20-18-28-11-4-7-16-35(28)38)24-33(32(29)22-25)31-14-8-12-26-9-2-5-13-30(26)31/h2-21,23H,22,24H2,1H3. The first-order valence-electron chi connectivity index (χ1n) is 13.4. The second-order valence-corrected chi connectivity index (χ2v) is 10.8. The Hall–Kier alpha value is -4.56. The van der Waals surface area contributed by atoms with Crippen LogP contribution in [-0.2, 0) is 5.66 Å². The van der Waals surface area contributed by atoms with Gasteiger partial charge in [-0.25, -0.2) is 0 Å². The molecule has 0 saturated heterocycles. The fourth-order valence-electron chi connectivity index (χ4n) is 6.87. The number of fused-ring (bicyclic) bond motifs is 4. The van der Waals surface area contributed by atoms with Gasteiger partial charge < -0.3 is 9.13 Å². The van der Waals surface area contributed by atoms with Crippen LogP contribution in [0.5, 0.6) is 0 Å². The molecule has 2 heterocycles. The fourth-order valence-corrected chi connectivity index (χ4v) is 6.87. The Morgan fingerprint density at radius 3 is 1.92 bits per heavy atom. The average molecular weight is 489 g/mol. The SMILES string of the molecule is CC1=CC2=CC(n3ccc4ccccc43)(n3ccc4ccccc43)CC(c3cccc4ccccc34)=C2C1. The van der Waals surface area contributed by atoms with E-state index in [1.807, 2.05) is 0 Å². The summed E-state index contributed by atoms with van der Waals surface area (Å²) in [6, 6.07) is 37.6. The van der Waals surface area contributed by atoms with Gasteiger partial charge in [0.05, 0.1) is 11.0 Å². The number of benzene rings is 4. The number of nitrogens with zero attached hydrogens (tertiary/aromatic N) is 2. The largest absolute Gasteiger partial charge is 0.320 e. The quantitative estimate of drug-likeness (QED) is 0.235. The summed E-state index contributed by atoms with van der Waals surface area (Å²) in [6.07, 6.45) is 11.4. The molecule has 0 radical (unpaired) electrons. The summed E-state index contributed by atoms with van der Waals surface area (Å²) in [6.45, 7) is 2.27. The summed E-state index contributed by atoms with van der Waals surface area (Å²) in [5, 5.41) is 5.15. The van der Waals surface area contributed by atoms with Gasteiger partial charge in [0.2, 0.25) is 0 Å². The highest BCUT2D eigenvalue weighted by molar-refractivity contribution is 5.97. The molecule has 4 aromatic carbocycles. The Kier molecular flexibility index (Phi) is 4.51. The minimum Gasteiger partial charge on any atom is -0.320 e. The first-order valence-corrected chi connectivity index (χ1v) is 13.4. The number of hydrogen-bond acceptors (Lipinski definition) is 0. The van der Waals surface area contributed by atoms with Gasteiger partial charge in [-0.15, -0.1) is 0 Å². The third-order valence-corrected chi connectivity index (χ3v) is 8.54. The zero-order chi connectivity index (χ0) is 25.3. The maximum absolute atomic E-state index is 2.53. The average Bonchev–Trinajstić information content (AvgIpc) is 3.68. The Morgan fingerprint density at radius 2 is 1.21 bits per heavy atom. The van der Waals surface area contributed by atoms with Crippen LogP contribution in [0.4, 0.5) is 0 Å². The molecule has 182 valence electrons. The number of rotatable bonds is 3. The Labute approximate surface area is 222 Å². The van der Waals surface area contributed by atoms with Crippen molar-refractivity contribution in [3.63, 3.8) is 0 Å². The maximum atomic E-state index is 2.53. The second-order valence-electron chi connectivity index (χ2n) is 10.8. The van der Waals surface area contributed by atoms with E-state index in [0.29, 0.717) is 0 Å². The highest BCUT2D eigenvalue weighted by Crippen LogP contribution is 2.50. The fraction of sp³-hybridized carbons (Fsp3) is 0.111. The van der Waals surface area contributed by atoms with Crippen LogP contribution >= 0.6 is 0 Å². The predicted molar refractivity (Wildman–Crippen MR) is 159 cm³/mol. The lowest BCUT2D eigenvalue weighted by Gasteiger charge is -2.41. The van der Waals surface area contributed by atoms with E-state index in [4.69, 9.17) is 0 Å². The third-order valence-electron chi connectivity index (χ3n) is 8.54. The summed E-state index contributed by atoms with van der Waals surface area (Å²) in [4.78, 5) is 0. The molecule has 2 aliphatic rings. The predicted octanol–water partition coefficient (Wildman–Crippen LogP) is 9.08. The van der Waals surface area contributed by atoms with Crippen molar-refractivity contribution in [2.45, 2.75) is 25.4 Å². The molecular weight excluding hydrogens is 460 g/mol. The van der Waals surface area contributed by atoms with Crippen LogP contribution in [0, 0.1) is 0 Å². The molecule has 2 nitrogen and oxygen atoms in total. The molecule has 0 atom stereocenters. The molecule has 6 aromatic rings. The summed E-state index contributed by atoms with van der Waals surface area (Å²) < 4.78 is 5.01. The van der Waals surface area contributed by atoms with Crippen molar-refractivity contribution >= 4 is 38.2 Å². The van der Waals surface area contributed by atoms with E-state index in [1.54, 1.807) is 0 Å². The van der Waals surface area contributed by atoms with Crippen LogP contribution in [0.15, 0.2) is 144 Å². The van der Waals surface area contributed by atoms with Crippen molar-refractivity contribution in [1.29, 1.82) is 0 Å². The van der Waals surface area contributed by atoms with Crippen molar-refractivity contribution in [2.75, 3.05) is 0 Å². The number of allylic oxidation sites excluding steroid dienone is 6. The molecule has 0 unspecified atom stereocenters. The van der Waals surface area contributed by atoms with Gasteiger partial charge in [0.25, 0.3) is 0 Å². The lowest BCUT2D eigenvalue weighted by atomic mass is 9.80. The van der Waals surface area contributed by atoms with Gasteiger partial charge in [-0.2, -0.15) is 0 Å². The molecule has 2 aliphatic carbocycles. The van der Waals surface area contributed by atoms with E-state index >= 15 is 0 Å². The first-order chi connectivity index (χ1) is 18.7. The number of para-hydroxylation sites is 2. The van der Waals surface area contributed by atoms with Gasteiger partial charge in [-0.1, -0.05) is 90.5 Å². The Balaban J connectivity index is 1.48. The van der Waals surface area contributed by atoms with Crippen LogP contribution in [0.1, 0.15) is 25.3 Å². The summed E-state index contributed by atoms with van der Waals surface area (Å²) in [5.74, 6) is 0. The van der Waals surface area contributed by atoms with Gasteiger partial charge in [-0.05, 0) is 87.5 Å². The van der Waals surface area contributed by atoms with E-state index < -0.39 is 5.66 Å². The van der Waals surface area contributed by atoms with Crippen molar-refractivity contribution in [3.8, 4) is 0 Å². The second kappa shape index (κ2) is 7.97. The van der Waals surface area contributed by atoms with Gasteiger partial charge >= 0.3 is 0 Å². The number of aromatic nitrogens is 2. The van der Waals surface area contributed by atoms with E-state index in [9.17, 15) is 0 Å². The molecule has 0 amide bonds. The zero-order valence-electron chi connectivity index (χ0n) is 21.4. The third kappa shape index (κ3) is 3.01. The summed E-state index contributed by atoms with van der Waals surface area (Å²) in [7, 11) is 0. The van der Waals surface area contributed by atoms with E-state index in [0.717, 1.165) is 12.8 Å². The molecule has 2 heteroatoms. The van der Waals surface area contributed by atoms with Crippen LogP contribution in [0.25, 0.3) is 38.2 Å². The topological polar surface area (TPSA) is 9.86 Å². The highest BCUT2D eigenvalue weighted by Gasteiger charge is 2.40. The molecule has 2 aromatic heterocycles. The minimum absolute atomic E-state index is 0.432. The normalized spacial score (nSPS) is 16.8. The molecular formula is C36H28N2. The Bertz CT molecular complexity index is 1910. The molecule has 0 aliphatic heterocycles. The van der Waals surface area contributed by atoms with Crippen molar-refractivity contribution < 1.29 is 0 Å². The van der Waals surface area contributed by atoms with Crippen LogP contribution < -0.4 is 0 Å². The van der Waals surface area contributed by atoms with Crippen LogP contribution in [-0.4, -0.2) is 9.13 Å². The highest BCUT2D eigenvalue weighted by atomic mass is 15.3. The minimum atomic E-state index is -0.432. The van der Waals surface area contributed by atoms with Crippen molar-refractivity contribution in [1.82, 2.24) is 9.13 Å². The van der Waals surface area contributed by atoms with E-state index in [2.05, 4.69) is 144 Å². The molecule has 0 spiro atoms. The molecule has 0 N–H and O–H groups in total. The van der Waals surface area contributed by atoms with Crippen molar-refractivity contribution in [3.05, 3.63) is 150 Å². The summed E-state index contributed by atoms with van der Waals surface area (Å²) in [5.41, 5.74) is 9.12. The molecule has 0 saturated carbocycles. The lowest BCUT2D eigenvalue weighted by Crippen LogP contribution is -2.40. The monoisotopic (exact) mass is 488 g/mol. The van der Waals surface area contributed by atoms with Crippen LogP contribution in [0.3, 0.4) is 0 Å². The molecule has 0 bridgehead atoms. The van der Waals surface area contributed by atoms with Gasteiger partial charge in [0.1, 0.15) is 5.66 Å². The smallest absolute Gasteiger partial charge is 0.145 e. The van der Waals surface area contributed by atoms with Gasteiger partial charge in [-0.3, -0.25) is 0 Å². The Morgan fingerprint density at radius 1 is 0.605 bits per heavy atom. The molecule has 0 fully saturated rings. The molecule has 8 rings (SSSR count). The molecule has 38 heavy (non-hydrogen) atoms. The van der Waals surface area contributed by atoms with Crippen LogP contribution in [0.2, 0.25) is 0 Å². The van der Waals surface area contributed by atoms with Gasteiger partial charge in [0, 0.05) is 18.8 Å². The first kappa shape index (κ1) is 21.5.